The number of rotatable bonds is 4. The number of nitro groups is 1. The SMILES string of the molecule is O=C(NC1CC1)[C@H]1CCCN1c1ccc2ncc([N+](=O)[O-])n2n1. The van der Waals surface area contributed by atoms with Gasteiger partial charge in [-0.2, -0.15) is 0 Å². The van der Waals surface area contributed by atoms with Gasteiger partial charge in [-0.3, -0.25) is 4.79 Å². The standard InChI is InChI=1S/C14H16N6O3/c21-14(16-9-3-4-9)10-2-1-7-18(10)12-6-5-11-15-8-13(20(22)23)19(11)17-12/h5-6,8-10H,1-4,7H2,(H,16,21)/t10-/m1/s1. The Balaban J connectivity index is 1.65. The molecule has 1 saturated carbocycles. The van der Waals surface area contributed by atoms with Gasteiger partial charge in [0.2, 0.25) is 11.6 Å². The van der Waals surface area contributed by atoms with Gasteiger partial charge >= 0.3 is 5.82 Å². The van der Waals surface area contributed by atoms with E-state index in [1.165, 1.54) is 10.7 Å². The first-order valence-corrected chi connectivity index (χ1v) is 7.69. The van der Waals surface area contributed by atoms with Gasteiger partial charge in [0.1, 0.15) is 12.2 Å². The van der Waals surface area contributed by atoms with Gasteiger partial charge in [0.25, 0.3) is 0 Å². The van der Waals surface area contributed by atoms with Gasteiger partial charge in [0, 0.05) is 18.7 Å². The summed E-state index contributed by atoms with van der Waals surface area (Å²) in [6, 6.07) is 3.50. The summed E-state index contributed by atoms with van der Waals surface area (Å²) in [7, 11) is 0. The van der Waals surface area contributed by atoms with E-state index in [0.717, 1.165) is 25.7 Å². The Morgan fingerprint density at radius 2 is 2.17 bits per heavy atom. The lowest BCUT2D eigenvalue weighted by molar-refractivity contribution is -0.391. The third-order valence-corrected chi connectivity index (χ3v) is 4.29. The summed E-state index contributed by atoms with van der Waals surface area (Å²) in [5.41, 5.74) is 0.415. The van der Waals surface area contributed by atoms with Gasteiger partial charge in [-0.1, -0.05) is 9.61 Å². The first-order valence-electron chi connectivity index (χ1n) is 7.69. The second kappa shape index (κ2) is 5.18. The molecule has 2 aliphatic rings. The van der Waals surface area contributed by atoms with Crippen LogP contribution in [0, 0.1) is 10.1 Å². The van der Waals surface area contributed by atoms with Gasteiger partial charge in [0.15, 0.2) is 5.82 Å². The van der Waals surface area contributed by atoms with E-state index in [1.807, 2.05) is 4.90 Å². The van der Waals surface area contributed by atoms with E-state index in [0.29, 0.717) is 24.1 Å². The summed E-state index contributed by atoms with van der Waals surface area (Å²) in [5, 5.41) is 18.4. The lowest BCUT2D eigenvalue weighted by Crippen LogP contribution is -2.44. The minimum absolute atomic E-state index is 0.0204. The fraction of sp³-hybridized carbons (Fsp3) is 0.500. The maximum atomic E-state index is 12.4. The minimum Gasteiger partial charge on any atom is -0.358 e. The molecule has 3 heterocycles. The summed E-state index contributed by atoms with van der Waals surface area (Å²) in [6.07, 6.45) is 4.94. The van der Waals surface area contributed by atoms with Crippen LogP contribution in [-0.4, -0.2) is 44.1 Å². The minimum atomic E-state index is -0.516. The van der Waals surface area contributed by atoms with Crippen molar-refractivity contribution < 1.29 is 9.72 Å². The Labute approximate surface area is 131 Å². The quantitative estimate of drug-likeness (QED) is 0.663. The number of nitrogens with one attached hydrogen (secondary N) is 1. The number of carbonyl (C=O) groups is 1. The summed E-state index contributed by atoms with van der Waals surface area (Å²) in [6.45, 7) is 0.712. The van der Waals surface area contributed by atoms with Crippen molar-refractivity contribution in [3.63, 3.8) is 0 Å². The monoisotopic (exact) mass is 316 g/mol. The van der Waals surface area contributed by atoms with Crippen molar-refractivity contribution in [1.29, 1.82) is 0 Å². The van der Waals surface area contributed by atoms with Crippen molar-refractivity contribution in [2.24, 2.45) is 0 Å². The van der Waals surface area contributed by atoms with Crippen LogP contribution in [0.25, 0.3) is 5.65 Å². The van der Waals surface area contributed by atoms with E-state index in [2.05, 4.69) is 15.4 Å². The van der Waals surface area contributed by atoms with Gasteiger partial charge in [-0.15, -0.1) is 0 Å². The van der Waals surface area contributed by atoms with Crippen molar-refractivity contribution >= 4 is 23.2 Å². The number of imidazole rings is 1. The highest BCUT2D eigenvalue weighted by atomic mass is 16.6. The second-order valence-electron chi connectivity index (χ2n) is 5.97. The van der Waals surface area contributed by atoms with Crippen LogP contribution in [0.2, 0.25) is 0 Å². The third-order valence-electron chi connectivity index (χ3n) is 4.29. The van der Waals surface area contributed by atoms with Crippen LogP contribution >= 0.6 is 0 Å². The lowest BCUT2D eigenvalue weighted by Gasteiger charge is -2.23. The van der Waals surface area contributed by atoms with Gasteiger partial charge in [-0.05, 0) is 36.7 Å². The molecule has 120 valence electrons. The van der Waals surface area contributed by atoms with E-state index in [1.54, 1.807) is 12.1 Å². The van der Waals surface area contributed by atoms with Gasteiger partial charge < -0.3 is 20.3 Å². The van der Waals surface area contributed by atoms with Crippen LogP contribution in [0.5, 0.6) is 0 Å². The number of aromatic nitrogens is 3. The van der Waals surface area contributed by atoms with Crippen LogP contribution in [-0.2, 0) is 4.79 Å². The largest absolute Gasteiger partial charge is 0.368 e. The predicted molar refractivity (Wildman–Crippen MR) is 81.2 cm³/mol. The van der Waals surface area contributed by atoms with Crippen molar-refractivity contribution in [2.45, 2.75) is 37.8 Å². The lowest BCUT2D eigenvalue weighted by atomic mass is 10.2. The van der Waals surface area contributed by atoms with Crippen LogP contribution in [0.15, 0.2) is 18.3 Å². The zero-order valence-electron chi connectivity index (χ0n) is 12.4. The average molecular weight is 316 g/mol. The first kappa shape index (κ1) is 13.9. The molecule has 1 aliphatic heterocycles. The number of amides is 1. The third kappa shape index (κ3) is 2.47. The summed E-state index contributed by atoms with van der Waals surface area (Å²) in [4.78, 5) is 28.8. The Morgan fingerprint density at radius 1 is 1.35 bits per heavy atom. The molecule has 1 aliphatic carbocycles. The van der Waals surface area contributed by atoms with Crippen molar-refractivity contribution in [3.8, 4) is 0 Å². The Morgan fingerprint density at radius 3 is 2.91 bits per heavy atom. The zero-order valence-corrected chi connectivity index (χ0v) is 12.4. The molecular formula is C14H16N6O3. The van der Waals surface area contributed by atoms with Crippen LogP contribution in [0.4, 0.5) is 11.6 Å². The topological polar surface area (TPSA) is 106 Å². The number of carbonyl (C=O) groups excluding carboxylic acids is 1. The molecule has 1 amide bonds. The summed E-state index contributed by atoms with van der Waals surface area (Å²) in [5.74, 6) is 0.402. The molecule has 9 heteroatoms. The molecule has 0 aromatic carbocycles. The normalized spacial score (nSPS) is 20.9. The van der Waals surface area contributed by atoms with E-state index in [4.69, 9.17) is 0 Å². The molecule has 0 spiro atoms. The number of nitrogens with zero attached hydrogens (tertiary/aromatic N) is 5. The van der Waals surface area contributed by atoms with Gasteiger partial charge in [0.05, 0.1) is 0 Å². The number of hydrogen-bond donors (Lipinski definition) is 1. The molecule has 0 radical (unpaired) electrons. The first-order chi connectivity index (χ1) is 11.1. The number of fused-ring (bicyclic) bond motifs is 1. The van der Waals surface area contributed by atoms with E-state index in [9.17, 15) is 14.9 Å². The second-order valence-corrected chi connectivity index (χ2v) is 5.97. The fourth-order valence-corrected chi connectivity index (χ4v) is 2.97. The van der Waals surface area contributed by atoms with E-state index >= 15 is 0 Å². The molecule has 9 nitrogen and oxygen atoms in total. The molecular weight excluding hydrogens is 300 g/mol. The van der Waals surface area contributed by atoms with E-state index in [-0.39, 0.29) is 17.8 Å². The molecule has 2 aromatic heterocycles. The molecule has 23 heavy (non-hydrogen) atoms. The summed E-state index contributed by atoms with van der Waals surface area (Å²) >= 11 is 0. The molecule has 0 unspecified atom stereocenters. The Bertz CT molecular complexity index is 784. The molecule has 1 saturated heterocycles. The summed E-state index contributed by atoms with van der Waals surface area (Å²) < 4.78 is 1.21. The van der Waals surface area contributed by atoms with Gasteiger partial charge in [-0.25, -0.2) is 4.98 Å². The molecule has 1 N–H and O–H groups in total. The van der Waals surface area contributed by atoms with Crippen molar-refractivity contribution in [1.82, 2.24) is 19.9 Å². The van der Waals surface area contributed by atoms with Crippen LogP contribution < -0.4 is 10.2 Å². The van der Waals surface area contributed by atoms with E-state index < -0.39 is 4.92 Å². The maximum Gasteiger partial charge on any atom is 0.368 e. The van der Waals surface area contributed by atoms with Crippen molar-refractivity contribution in [3.05, 3.63) is 28.4 Å². The molecule has 1 atom stereocenters. The molecule has 2 aromatic rings. The van der Waals surface area contributed by atoms with Crippen molar-refractivity contribution in [2.75, 3.05) is 11.4 Å². The van der Waals surface area contributed by atoms with Crippen LogP contribution in [0.3, 0.4) is 0 Å². The Kier molecular flexibility index (Phi) is 3.14. The predicted octanol–water partition coefficient (Wildman–Crippen LogP) is 0.885. The molecule has 2 fully saturated rings. The molecule has 4 rings (SSSR count). The Hall–Kier alpha value is -2.71. The number of hydrogen-bond acceptors (Lipinski definition) is 6. The number of anilines is 1. The molecule has 0 bridgehead atoms. The fourth-order valence-electron chi connectivity index (χ4n) is 2.97. The average Bonchev–Trinajstić information content (AvgIpc) is 3.05. The highest BCUT2D eigenvalue weighted by Gasteiger charge is 2.35. The van der Waals surface area contributed by atoms with Crippen LogP contribution in [0.1, 0.15) is 25.7 Å². The maximum absolute atomic E-state index is 12.4. The zero-order chi connectivity index (χ0) is 16.0. The highest BCUT2D eigenvalue weighted by molar-refractivity contribution is 5.86. The smallest absolute Gasteiger partial charge is 0.358 e. The highest BCUT2D eigenvalue weighted by Crippen LogP contribution is 2.26.